The van der Waals surface area contributed by atoms with Gasteiger partial charge in [0.05, 0.1) is 6.54 Å². The Morgan fingerprint density at radius 2 is 1.80 bits per heavy atom. The van der Waals surface area contributed by atoms with Crippen LogP contribution in [-0.2, 0) is 6.54 Å². The van der Waals surface area contributed by atoms with E-state index in [0.717, 1.165) is 5.56 Å². The van der Waals surface area contributed by atoms with E-state index in [1.165, 1.54) is 6.07 Å². The SMILES string of the molecule is O=c1ccccn1Cc1ccccc1Cl. The summed E-state index contributed by atoms with van der Waals surface area (Å²) < 4.78 is 1.63. The molecule has 3 heteroatoms. The molecule has 1 aromatic carbocycles. The lowest BCUT2D eigenvalue weighted by Crippen LogP contribution is -2.18. The van der Waals surface area contributed by atoms with Gasteiger partial charge >= 0.3 is 0 Å². The molecule has 0 N–H and O–H groups in total. The highest BCUT2D eigenvalue weighted by Crippen LogP contribution is 2.15. The van der Waals surface area contributed by atoms with Crippen molar-refractivity contribution in [1.82, 2.24) is 4.57 Å². The number of hydrogen-bond donors (Lipinski definition) is 0. The van der Waals surface area contributed by atoms with Crippen LogP contribution in [0, 0.1) is 0 Å². The summed E-state index contributed by atoms with van der Waals surface area (Å²) in [5.41, 5.74) is 0.935. The first kappa shape index (κ1) is 9.99. The number of pyridine rings is 1. The summed E-state index contributed by atoms with van der Waals surface area (Å²) in [6, 6.07) is 12.6. The molecule has 0 saturated carbocycles. The van der Waals surface area contributed by atoms with Gasteiger partial charge in [-0.05, 0) is 17.7 Å². The van der Waals surface area contributed by atoms with Crippen molar-refractivity contribution in [2.24, 2.45) is 0 Å². The average Bonchev–Trinajstić information content (AvgIpc) is 2.24. The molecule has 1 aromatic heterocycles. The van der Waals surface area contributed by atoms with Crippen molar-refractivity contribution in [2.45, 2.75) is 6.54 Å². The maximum atomic E-state index is 11.5. The van der Waals surface area contributed by atoms with Crippen LogP contribution in [0.2, 0.25) is 5.02 Å². The van der Waals surface area contributed by atoms with Crippen LogP contribution in [-0.4, -0.2) is 4.57 Å². The molecule has 0 aliphatic carbocycles. The molecule has 15 heavy (non-hydrogen) atoms. The molecule has 0 saturated heterocycles. The molecule has 0 aliphatic heterocycles. The summed E-state index contributed by atoms with van der Waals surface area (Å²) in [7, 11) is 0. The molecule has 0 atom stereocenters. The zero-order valence-corrected chi connectivity index (χ0v) is 8.82. The predicted octanol–water partition coefficient (Wildman–Crippen LogP) is 2.55. The lowest BCUT2D eigenvalue weighted by molar-refractivity contribution is 0.759. The van der Waals surface area contributed by atoms with Crippen LogP contribution in [0.4, 0.5) is 0 Å². The molecule has 2 rings (SSSR count). The van der Waals surface area contributed by atoms with E-state index in [1.54, 1.807) is 16.8 Å². The second-order valence-corrected chi connectivity index (χ2v) is 3.67. The molecular formula is C12H10ClNO. The first-order valence-corrected chi connectivity index (χ1v) is 5.04. The first-order chi connectivity index (χ1) is 7.27. The van der Waals surface area contributed by atoms with Gasteiger partial charge in [-0.25, -0.2) is 0 Å². The van der Waals surface area contributed by atoms with Crippen LogP contribution in [0.15, 0.2) is 53.5 Å². The van der Waals surface area contributed by atoms with Crippen molar-refractivity contribution in [3.05, 3.63) is 69.6 Å². The van der Waals surface area contributed by atoms with Crippen LogP contribution >= 0.6 is 11.6 Å². The molecule has 76 valence electrons. The Morgan fingerprint density at radius 3 is 2.53 bits per heavy atom. The van der Waals surface area contributed by atoms with Gasteiger partial charge in [-0.15, -0.1) is 0 Å². The minimum absolute atomic E-state index is 0.0163. The summed E-state index contributed by atoms with van der Waals surface area (Å²) in [5, 5.41) is 0.688. The fourth-order valence-corrected chi connectivity index (χ4v) is 1.60. The van der Waals surface area contributed by atoms with Crippen LogP contribution in [0.5, 0.6) is 0 Å². The standard InChI is InChI=1S/C12H10ClNO/c13-11-6-2-1-5-10(11)9-14-8-4-3-7-12(14)15/h1-8H,9H2. The Kier molecular flexibility index (Phi) is 2.88. The highest BCUT2D eigenvalue weighted by atomic mass is 35.5. The lowest BCUT2D eigenvalue weighted by atomic mass is 10.2. The fourth-order valence-electron chi connectivity index (χ4n) is 1.40. The van der Waals surface area contributed by atoms with Gasteiger partial charge in [0.25, 0.3) is 5.56 Å². The molecule has 1 heterocycles. The van der Waals surface area contributed by atoms with Crippen molar-refractivity contribution in [3.63, 3.8) is 0 Å². The van der Waals surface area contributed by atoms with Crippen LogP contribution in [0.25, 0.3) is 0 Å². The number of nitrogens with zero attached hydrogens (tertiary/aromatic N) is 1. The number of halogens is 1. The van der Waals surface area contributed by atoms with Gasteiger partial charge in [0.1, 0.15) is 0 Å². The molecule has 0 bridgehead atoms. The van der Waals surface area contributed by atoms with Crippen LogP contribution < -0.4 is 5.56 Å². The molecule has 0 fully saturated rings. The topological polar surface area (TPSA) is 22.0 Å². The molecule has 2 nitrogen and oxygen atoms in total. The fraction of sp³-hybridized carbons (Fsp3) is 0.0833. The van der Waals surface area contributed by atoms with E-state index in [2.05, 4.69) is 0 Å². The van der Waals surface area contributed by atoms with Crippen molar-refractivity contribution in [1.29, 1.82) is 0 Å². The summed E-state index contributed by atoms with van der Waals surface area (Å²) in [6.07, 6.45) is 1.76. The zero-order chi connectivity index (χ0) is 10.7. The maximum Gasteiger partial charge on any atom is 0.250 e. The second-order valence-electron chi connectivity index (χ2n) is 3.26. The summed E-state index contributed by atoms with van der Waals surface area (Å²) in [4.78, 5) is 11.5. The van der Waals surface area contributed by atoms with Crippen molar-refractivity contribution in [2.75, 3.05) is 0 Å². The Balaban J connectivity index is 2.34. The van der Waals surface area contributed by atoms with Gasteiger partial charge in [-0.3, -0.25) is 4.79 Å². The third-order valence-corrected chi connectivity index (χ3v) is 2.57. The third kappa shape index (κ3) is 2.28. The van der Waals surface area contributed by atoms with Crippen molar-refractivity contribution >= 4 is 11.6 Å². The monoisotopic (exact) mass is 219 g/mol. The lowest BCUT2D eigenvalue weighted by Gasteiger charge is -2.06. The zero-order valence-electron chi connectivity index (χ0n) is 8.06. The first-order valence-electron chi connectivity index (χ1n) is 4.66. The molecule has 0 spiro atoms. The molecular weight excluding hydrogens is 210 g/mol. The van der Waals surface area contributed by atoms with Crippen molar-refractivity contribution in [3.8, 4) is 0 Å². The van der Waals surface area contributed by atoms with E-state index in [-0.39, 0.29) is 5.56 Å². The Morgan fingerprint density at radius 1 is 1.07 bits per heavy atom. The summed E-state index contributed by atoms with van der Waals surface area (Å²) >= 11 is 6.01. The van der Waals surface area contributed by atoms with E-state index < -0.39 is 0 Å². The number of benzene rings is 1. The highest BCUT2D eigenvalue weighted by Gasteiger charge is 2.00. The van der Waals surface area contributed by atoms with E-state index in [0.29, 0.717) is 11.6 Å². The summed E-state index contributed by atoms with van der Waals surface area (Å²) in [5.74, 6) is 0. The Hall–Kier alpha value is -1.54. The van der Waals surface area contributed by atoms with Gasteiger partial charge in [-0.2, -0.15) is 0 Å². The van der Waals surface area contributed by atoms with Gasteiger partial charge in [0, 0.05) is 17.3 Å². The molecule has 0 unspecified atom stereocenters. The quantitative estimate of drug-likeness (QED) is 0.761. The van der Waals surface area contributed by atoms with Crippen LogP contribution in [0.1, 0.15) is 5.56 Å². The van der Waals surface area contributed by atoms with Gasteiger partial charge in [0.2, 0.25) is 0 Å². The van der Waals surface area contributed by atoms with Gasteiger partial charge < -0.3 is 4.57 Å². The van der Waals surface area contributed by atoms with E-state index in [1.807, 2.05) is 30.3 Å². The van der Waals surface area contributed by atoms with E-state index in [9.17, 15) is 4.79 Å². The third-order valence-electron chi connectivity index (χ3n) is 2.20. The van der Waals surface area contributed by atoms with E-state index in [4.69, 9.17) is 11.6 Å². The Bertz CT molecular complexity index is 519. The Labute approximate surface area is 92.7 Å². The summed E-state index contributed by atoms with van der Waals surface area (Å²) in [6.45, 7) is 0.513. The molecule has 0 amide bonds. The minimum Gasteiger partial charge on any atom is -0.311 e. The highest BCUT2D eigenvalue weighted by molar-refractivity contribution is 6.31. The average molecular weight is 220 g/mol. The smallest absolute Gasteiger partial charge is 0.250 e. The molecule has 2 aromatic rings. The second kappa shape index (κ2) is 4.32. The van der Waals surface area contributed by atoms with Gasteiger partial charge in [-0.1, -0.05) is 35.9 Å². The molecule has 0 aliphatic rings. The van der Waals surface area contributed by atoms with Crippen LogP contribution in [0.3, 0.4) is 0 Å². The largest absolute Gasteiger partial charge is 0.311 e. The van der Waals surface area contributed by atoms with Gasteiger partial charge in [0.15, 0.2) is 0 Å². The van der Waals surface area contributed by atoms with E-state index >= 15 is 0 Å². The predicted molar refractivity (Wildman–Crippen MR) is 61.3 cm³/mol. The number of hydrogen-bond acceptors (Lipinski definition) is 1. The normalized spacial score (nSPS) is 10.2. The number of rotatable bonds is 2. The maximum absolute atomic E-state index is 11.5. The number of aromatic nitrogens is 1. The molecule has 0 radical (unpaired) electrons. The minimum atomic E-state index is -0.0163. The van der Waals surface area contributed by atoms with Crippen molar-refractivity contribution < 1.29 is 0 Å².